The SMILES string of the molecule is CC1CCC[C@@H](CO)C1. The van der Waals surface area contributed by atoms with E-state index in [1.807, 2.05) is 0 Å². The van der Waals surface area contributed by atoms with Gasteiger partial charge in [0.05, 0.1) is 0 Å². The van der Waals surface area contributed by atoms with E-state index in [2.05, 4.69) is 6.92 Å². The van der Waals surface area contributed by atoms with Gasteiger partial charge in [-0.1, -0.05) is 19.8 Å². The van der Waals surface area contributed by atoms with Crippen molar-refractivity contribution in [3.8, 4) is 0 Å². The third-order valence-electron chi connectivity index (χ3n) is 2.30. The second-order valence-corrected chi connectivity index (χ2v) is 3.32. The van der Waals surface area contributed by atoms with Crippen LogP contribution >= 0.6 is 0 Å². The molecule has 1 unspecified atom stereocenters. The number of rotatable bonds is 1. The molecule has 1 nitrogen and oxygen atoms in total. The van der Waals surface area contributed by atoms with E-state index >= 15 is 0 Å². The lowest BCUT2D eigenvalue weighted by Crippen LogP contribution is -2.15. The number of hydrogen-bond donors (Lipinski definition) is 1. The van der Waals surface area contributed by atoms with Crippen molar-refractivity contribution in [3.63, 3.8) is 0 Å². The summed E-state index contributed by atoms with van der Waals surface area (Å²) in [5, 5.41) is 8.81. The van der Waals surface area contributed by atoms with Gasteiger partial charge in [-0.25, -0.2) is 0 Å². The minimum Gasteiger partial charge on any atom is -0.396 e. The van der Waals surface area contributed by atoms with Crippen molar-refractivity contribution >= 4 is 0 Å². The van der Waals surface area contributed by atoms with E-state index in [0.717, 1.165) is 5.92 Å². The maximum atomic E-state index is 8.81. The molecule has 0 aromatic heterocycles. The summed E-state index contributed by atoms with van der Waals surface area (Å²) in [6.45, 7) is 2.69. The van der Waals surface area contributed by atoms with Crippen LogP contribution in [0.15, 0.2) is 0 Å². The van der Waals surface area contributed by atoms with Gasteiger partial charge < -0.3 is 5.11 Å². The zero-order chi connectivity index (χ0) is 6.69. The summed E-state index contributed by atoms with van der Waals surface area (Å²) >= 11 is 0. The minimum absolute atomic E-state index is 0.407. The Morgan fingerprint density at radius 3 is 2.67 bits per heavy atom. The van der Waals surface area contributed by atoms with Crippen LogP contribution in [0, 0.1) is 11.8 Å². The van der Waals surface area contributed by atoms with E-state index in [4.69, 9.17) is 5.11 Å². The van der Waals surface area contributed by atoms with E-state index < -0.39 is 0 Å². The first-order chi connectivity index (χ1) is 4.33. The Balaban J connectivity index is 2.23. The Hall–Kier alpha value is -0.0400. The van der Waals surface area contributed by atoms with Gasteiger partial charge in [0, 0.05) is 6.61 Å². The summed E-state index contributed by atoms with van der Waals surface area (Å²) in [5.74, 6) is 1.48. The second kappa shape index (κ2) is 3.21. The van der Waals surface area contributed by atoms with Gasteiger partial charge in [-0.15, -0.1) is 0 Å². The molecule has 0 heterocycles. The lowest BCUT2D eigenvalue weighted by atomic mass is 9.83. The lowest BCUT2D eigenvalue weighted by molar-refractivity contribution is 0.166. The molecule has 0 aliphatic heterocycles. The van der Waals surface area contributed by atoms with E-state index in [1.54, 1.807) is 0 Å². The highest BCUT2D eigenvalue weighted by Gasteiger charge is 2.17. The second-order valence-electron chi connectivity index (χ2n) is 3.32. The van der Waals surface area contributed by atoms with E-state index in [1.165, 1.54) is 25.7 Å². The van der Waals surface area contributed by atoms with Crippen LogP contribution < -0.4 is 0 Å². The summed E-state index contributed by atoms with van der Waals surface area (Å²) in [5.41, 5.74) is 0. The van der Waals surface area contributed by atoms with Crippen LogP contribution in [0.1, 0.15) is 32.6 Å². The summed E-state index contributed by atoms with van der Waals surface area (Å²) in [4.78, 5) is 0. The predicted octanol–water partition coefficient (Wildman–Crippen LogP) is 1.80. The molecular weight excluding hydrogens is 112 g/mol. The maximum absolute atomic E-state index is 8.81. The van der Waals surface area contributed by atoms with Crippen LogP contribution in [0.4, 0.5) is 0 Å². The molecule has 1 rings (SSSR count). The first-order valence-corrected chi connectivity index (χ1v) is 3.93. The minimum atomic E-state index is 0.407. The Morgan fingerprint density at radius 2 is 2.22 bits per heavy atom. The van der Waals surface area contributed by atoms with Crippen molar-refractivity contribution in [2.24, 2.45) is 11.8 Å². The molecule has 0 amide bonds. The van der Waals surface area contributed by atoms with Crippen LogP contribution in [0.5, 0.6) is 0 Å². The van der Waals surface area contributed by atoms with Gasteiger partial charge in [0.15, 0.2) is 0 Å². The summed E-state index contributed by atoms with van der Waals surface area (Å²) in [7, 11) is 0. The molecule has 0 aromatic rings. The third-order valence-corrected chi connectivity index (χ3v) is 2.30. The molecule has 1 aliphatic rings. The van der Waals surface area contributed by atoms with Crippen molar-refractivity contribution in [1.82, 2.24) is 0 Å². The van der Waals surface area contributed by atoms with Gasteiger partial charge in [-0.3, -0.25) is 0 Å². The molecule has 1 fully saturated rings. The van der Waals surface area contributed by atoms with Gasteiger partial charge in [0.25, 0.3) is 0 Å². The summed E-state index contributed by atoms with van der Waals surface area (Å²) in [6, 6.07) is 0. The Bertz CT molecular complexity index is 80.6. The highest BCUT2D eigenvalue weighted by Crippen LogP contribution is 2.27. The molecule has 0 saturated heterocycles. The molecule has 1 N–H and O–H groups in total. The molecule has 0 spiro atoms. The first kappa shape index (κ1) is 7.07. The monoisotopic (exact) mass is 128 g/mol. The number of aliphatic hydroxyl groups excluding tert-OH is 1. The molecule has 0 aromatic carbocycles. The fourth-order valence-electron chi connectivity index (χ4n) is 1.73. The van der Waals surface area contributed by atoms with Crippen molar-refractivity contribution in [3.05, 3.63) is 0 Å². The molecule has 9 heavy (non-hydrogen) atoms. The largest absolute Gasteiger partial charge is 0.396 e. The quantitative estimate of drug-likeness (QED) is 0.571. The van der Waals surface area contributed by atoms with Crippen LogP contribution in [0.2, 0.25) is 0 Å². The molecule has 0 bridgehead atoms. The Kier molecular flexibility index (Phi) is 2.52. The standard InChI is InChI=1S/C8H16O/c1-7-3-2-4-8(5-7)6-9/h7-9H,2-6H2,1H3/t7?,8-/m1/s1. The van der Waals surface area contributed by atoms with Crippen molar-refractivity contribution in [2.75, 3.05) is 6.61 Å². The van der Waals surface area contributed by atoms with Gasteiger partial charge in [0.2, 0.25) is 0 Å². The number of aliphatic hydroxyl groups is 1. The molecule has 54 valence electrons. The van der Waals surface area contributed by atoms with Gasteiger partial charge >= 0.3 is 0 Å². The smallest absolute Gasteiger partial charge is 0.0459 e. The zero-order valence-electron chi connectivity index (χ0n) is 6.14. The van der Waals surface area contributed by atoms with Gasteiger partial charge in [-0.05, 0) is 24.7 Å². The summed E-state index contributed by atoms with van der Waals surface area (Å²) < 4.78 is 0. The fourth-order valence-corrected chi connectivity index (χ4v) is 1.73. The van der Waals surface area contributed by atoms with Crippen LogP contribution in [-0.4, -0.2) is 11.7 Å². The van der Waals surface area contributed by atoms with Crippen LogP contribution in [0.3, 0.4) is 0 Å². The first-order valence-electron chi connectivity index (χ1n) is 3.93. The highest BCUT2D eigenvalue weighted by molar-refractivity contribution is 4.68. The topological polar surface area (TPSA) is 20.2 Å². The van der Waals surface area contributed by atoms with Crippen molar-refractivity contribution in [2.45, 2.75) is 32.6 Å². The van der Waals surface area contributed by atoms with Crippen LogP contribution in [0.25, 0.3) is 0 Å². The molecule has 1 heteroatoms. The third kappa shape index (κ3) is 1.98. The predicted molar refractivity (Wildman–Crippen MR) is 38.2 cm³/mol. The fraction of sp³-hybridized carbons (Fsp3) is 1.00. The zero-order valence-corrected chi connectivity index (χ0v) is 6.14. The molecule has 2 atom stereocenters. The molecule has 1 saturated carbocycles. The van der Waals surface area contributed by atoms with Crippen molar-refractivity contribution in [1.29, 1.82) is 0 Å². The van der Waals surface area contributed by atoms with Gasteiger partial charge in [0.1, 0.15) is 0 Å². The Labute approximate surface area is 57.1 Å². The average molecular weight is 128 g/mol. The normalized spacial score (nSPS) is 36.7. The van der Waals surface area contributed by atoms with E-state index in [9.17, 15) is 0 Å². The van der Waals surface area contributed by atoms with Crippen LogP contribution in [-0.2, 0) is 0 Å². The van der Waals surface area contributed by atoms with E-state index in [-0.39, 0.29) is 0 Å². The lowest BCUT2D eigenvalue weighted by Gasteiger charge is -2.24. The summed E-state index contributed by atoms with van der Waals surface area (Å²) in [6.07, 6.45) is 5.19. The van der Waals surface area contributed by atoms with E-state index in [0.29, 0.717) is 12.5 Å². The molecule has 1 aliphatic carbocycles. The average Bonchev–Trinajstić information content (AvgIpc) is 1.88. The molecular formula is C8H16O. The Morgan fingerprint density at radius 1 is 1.44 bits per heavy atom. The maximum Gasteiger partial charge on any atom is 0.0459 e. The molecule has 0 radical (unpaired) electrons. The highest BCUT2D eigenvalue weighted by atomic mass is 16.3. The van der Waals surface area contributed by atoms with Gasteiger partial charge in [-0.2, -0.15) is 0 Å². The van der Waals surface area contributed by atoms with Crippen molar-refractivity contribution < 1.29 is 5.11 Å². The number of hydrogen-bond acceptors (Lipinski definition) is 1.